The van der Waals surface area contributed by atoms with Gasteiger partial charge in [-0.2, -0.15) is 0 Å². The third-order valence-corrected chi connectivity index (χ3v) is 6.56. The molecule has 3 rings (SSSR count). The van der Waals surface area contributed by atoms with Crippen molar-refractivity contribution < 1.29 is 14.6 Å². The summed E-state index contributed by atoms with van der Waals surface area (Å²) >= 11 is 12.0. The monoisotopic (exact) mass is 428 g/mol. The van der Waals surface area contributed by atoms with Gasteiger partial charge in [0.25, 0.3) is 0 Å². The first kappa shape index (κ1) is 21.7. The van der Waals surface area contributed by atoms with Gasteiger partial charge in [-0.05, 0) is 69.8 Å². The second-order valence-corrected chi connectivity index (χ2v) is 8.79. The van der Waals surface area contributed by atoms with Gasteiger partial charge in [-0.15, -0.1) is 0 Å². The first-order valence-corrected chi connectivity index (χ1v) is 11.0. The summed E-state index contributed by atoms with van der Waals surface area (Å²) in [5.74, 6) is 0.854. The lowest BCUT2D eigenvalue weighted by Crippen LogP contribution is -2.43. The largest absolute Gasteiger partial charge is 0.490 e. The van der Waals surface area contributed by atoms with Crippen LogP contribution in [0, 0.1) is 5.92 Å². The van der Waals surface area contributed by atoms with Crippen LogP contribution in [0.3, 0.4) is 0 Å². The smallest absolute Gasteiger partial charge is 0.303 e. The number of rotatable bonds is 8. The summed E-state index contributed by atoms with van der Waals surface area (Å²) in [6.45, 7) is 6.43. The van der Waals surface area contributed by atoms with Crippen LogP contribution in [0.15, 0.2) is 18.2 Å². The minimum absolute atomic E-state index is 0.240. The number of carboxylic acid groups (broad SMARTS) is 1. The number of likely N-dealkylation sites (tertiary alicyclic amines) is 2. The Balaban J connectivity index is 1.32. The van der Waals surface area contributed by atoms with Gasteiger partial charge in [-0.25, -0.2) is 0 Å². The van der Waals surface area contributed by atoms with E-state index in [1.807, 2.05) is 6.07 Å². The molecule has 2 heterocycles. The van der Waals surface area contributed by atoms with Gasteiger partial charge in [0, 0.05) is 32.1 Å². The van der Waals surface area contributed by atoms with E-state index in [4.69, 9.17) is 33.0 Å². The van der Waals surface area contributed by atoms with Crippen LogP contribution >= 0.6 is 23.2 Å². The predicted molar refractivity (Wildman–Crippen MR) is 113 cm³/mol. The molecule has 0 radical (unpaired) electrons. The number of hydrogen-bond acceptors (Lipinski definition) is 4. The molecule has 5 nitrogen and oxygen atoms in total. The molecule has 0 aliphatic carbocycles. The molecule has 28 heavy (non-hydrogen) atoms. The first-order valence-electron chi connectivity index (χ1n) is 10.3. The summed E-state index contributed by atoms with van der Waals surface area (Å²) in [6, 6.07) is 5.45. The average molecular weight is 429 g/mol. The topological polar surface area (TPSA) is 53.0 Å². The number of nitrogens with zero attached hydrogens (tertiary/aromatic N) is 2. The van der Waals surface area contributed by atoms with Crippen LogP contribution in [0.4, 0.5) is 0 Å². The van der Waals surface area contributed by atoms with Crippen LogP contribution in [-0.4, -0.2) is 66.2 Å². The molecule has 0 saturated carbocycles. The molecule has 2 aliphatic heterocycles. The van der Waals surface area contributed by atoms with E-state index in [1.165, 1.54) is 19.4 Å². The van der Waals surface area contributed by atoms with Gasteiger partial charge in [0.2, 0.25) is 0 Å². The second-order valence-electron chi connectivity index (χ2n) is 7.98. The normalized spacial score (nSPS) is 20.4. The number of piperidine rings is 2. The van der Waals surface area contributed by atoms with E-state index in [-0.39, 0.29) is 12.5 Å². The van der Waals surface area contributed by atoms with Crippen molar-refractivity contribution in [1.82, 2.24) is 9.80 Å². The van der Waals surface area contributed by atoms with Crippen molar-refractivity contribution in [2.75, 3.05) is 39.3 Å². The lowest BCUT2D eigenvalue weighted by Gasteiger charge is -2.37. The molecule has 0 unspecified atom stereocenters. The van der Waals surface area contributed by atoms with Crippen LogP contribution < -0.4 is 4.74 Å². The van der Waals surface area contributed by atoms with Crippen molar-refractivity contribution >= 4 is 29.2 Å². The highest BCUT2D eigenvalue weighted by Gasteiger charge is 2.25. The van der Waals surface area contributed by atoms with E-state index in [0.29, 0.717) is 10.0 Å². The third kappa shape index (κ3) is 6.80. The predicted octanol–water partition coefficient (Wildman–Crippen LogP) is 4.41. The molecular formula is C21H30Cl2N2O3. The Morgan fingerprint density at radius 3 is 2.36 bits per heavy atom. The molecule has 2 aliphatic rings. The Morgan fingerprint density at radius 2 is 1.71 bits per heavy atom. The van der Waals surface area contributed by atoms with E-state index < -0.39 is 5.97 Å². The van der Waals surface area contributed by atoms with Crippen LogP contribution in [-0.2, 0) is 4.79 Å². The van der Waals surface area contributed by atoms with E-state index >= 15 is 0 Å². The molecule has 2 saturated heterocycles. The summed E-state index contributed by atoms with van der Waals surface area (Å²) in [5.41, 5.74) is 0. The van der Waals surface area contributed by atoms with Gasteiger partial charge in [-0.3, -0.25) is 4.79 Å². The lowest BCUT2D eigenvalue weighted by atomic mass is 9.95. The molecule has 0 spiro atoms. The van der Waals surface area contributed by atoms with Crippen molar-refractivity contribution in [2.45, 2.75) is 44.6 Å². The molecule has 0 aromatic heterocycles. The molecule has 7 heteroatoms. The number of hydrogen-bond donors (Lipinski definition) is 1. The summed E-state index contributed by atoms with van der Waals surface area (Å²) < 4.78 is 6.08. The van der Waals surface area contributed by atoms with Crippen molar-refractivity contribution in [3.05, 3.63) is 28.2 Å². The van der Waals surface area contributed by atoms with E-state index in [1.54, 1.807) is 12.1 Å². The van der Waals surface area contributed by atoms with Crippen molar-refractivity contribution in [2.24, 2.45) is 5.92 Å². The maximum absolute atomic E-state index is 10.6. The Hall–Kier alpha value is -1.01. The molecule has 1 aromatic rings. The van der Waals surface area contributed by atoms with Gasteiger partial charge in [0.05, 0.1) is 10.0 Å². The third-order valence-electron chi connectivity index (χ3n) is 5.82. The number of carbonyl (C=O) groups is 1. The lowest BCUT2D eigenvalue weighted by molar-refractivity contribution is -0.137. The van der Waals surface area contributed by atoms with Gasteiger partial charge < -0.3 is 19.6 Å². The fourth-order valence-corrected chi connectivity index (χ4v) is 4.45. The highest BCUT2D eigenvalue weighted by Crippen LogP contribution is 2.28. The Bertz CT molecular complexity index is 643. The van der Waals surface area contributed by atoms with Crippen molar-refractivity contribution in [3.8, 4) is 5.75 Å². The van der Waals surface area contributed by atoms with Gasteiger partial charge in [0.1, 0.15) is 11.9 Å². The molecule has 0 atom stereocenters. The van der Waals surface area contributed by atoms with E-state index in [2.05, 4.69) is 9.80 Å². The number of carboxylic acids is 1. The van der Waals surface area contributed by atoms with E-state index in [9.17, 15) is 4.79 Å². The van der Waals surface area contributed by atoms with Crippen LogP contribution in [0.1, 0.15) is 38.5 Å². The van der Waals surface area contributed by atoms with Gasteiger partial charge in [-0.1, -0.05) is 23.2 Å². The van der Waals surface area contributed by atoms with Crippen molar-refractivity contribution in [1.29, 1.82) is 0 Å². The highest BCUT2D eigenvalue weighted by atomic mass is 35.5. The molecular weight excluding hydrogens is 399 g/mol. The fraction of sp³-hybridized carbons (Fsp3) is 0.667. The second kappa shape index (κ2) is 10.7. The van der Waals surface area contributed by atoms with Crippen LogP contribution in [0.25, 0.3) is 0 Å². The Kier molecular flexibility index (Phi) is 8.27. The van der Waals surface area contributed by atoms with Gasteiger partial charge >= 0.3 is 5.97 Å². The van der Waals surface area contributed by atoms with Crippen LogP contribution in [0.5, 0.6) is 5.75 Å². The Labute approximate surface area is 177 Å². The molecule has 0 amide bonds. The number of ether oxygens (including phenoxy) is 1. The Morgan fingerprint density at radius 1 is 1.04 bits per heavy atom. The maximum atomic E-state index is 10.6. The van der Waals surface area contributed by atoms with Crippen molar-refractivity contribution in [3.63, 3.8) is 0 Å². The minimum atomic E-state index is -0.693. The molecule has 1 aromatic carbocycles. The average Bonchev–Trinajstić information content (AvgIpc) is 2.67. The summed E-state index contributed by atoms with van der Waals surface area (Å²) in [6.07, 6.45) is 5.78. The zero-order chi connectivity index (χ0) is 19.9. The number of aliphatic carboxylic acids is 1. The molecule has 1 N–H and O–H groups in total. The quantitative estimate of drug-likeness (QED) is 0.664. The summed E-state index contributed by atoms with van der Waals surface area (Å²) in [7, 11) is 0. The summed E-state index contributed by atoms with van der Waals surface area (Å²) in [4.78, 5) is 15.6. The number of benzene rings is 1. The summed E-state index contributed by atoms with van der Waals surface area (Å²) in [5, 5.41) is 9.83. The first-order chi connectivity index (χ1) is 13.5. The van der Waals surface area contributed by atoms with Crippen LogP contribution in [0.2, 0.25) is 10.0 Å². The highest BCUT2D eigenvalue weighted by molar-refractivity contribution is 6.42. The van der Waals surface area contributed by atoms with E-state index in [0.717, 1.165) is 63.7 Å². The number of halogens is 2. The standard InChI is InChI=1S/C21H30Cl2N2O3/c22-19-4-3-18(14-20(19)23)28-17-7-12-25(13-8-17)15-16-5-10-24(11-6-16)9-1-2-21(26)27/h3-4,14,16-17H,1-2,5-13,15H2,(H,26,27). The molecule has 0 bridgehead atoms. The zero-order valence-corrected chi connectivity index (χ0v) is 17.8. The fourth-order valence-electron chi connectivity index (χ4n) is 4.16. The zero-order valence-electron chi connectivity index (χ0n) is 16.3. The molecule has 156 valence electrons. The maximum Gasteiger partial charge on any atom is 0.303 e. The minimum Gasteiger partial charge on any atom is -0.490 e. The van der Waals surface area contributed by atoms with Gasteiger partial charge in [0.15, 0.2) is 0 Å². The SMILES string of the molecule is O=C(O)CCCN1CCC(CN2CCC(Oc3ccc(Cl)c(Cl)c3)CC2)CC1. The molecule has 2 fully saturated rings.